The van der Waals surface area contributed by atoms with Crippen molar-refractivity contribution in [1.82, 2.24) is 0 Å². The van der Waals surface area contributed by atoms with Crippen LogP contribution in [-0.2, 0) is 11.2 Å². The summed E-state index contributed by atoms with van der Waals surface area (Å²) in [5, 5.41) is 12.2. The molecule has 1 aliphatic heterocycles. The third kappa shape index (κ3) is 1.39. The van der Waals surface area contributed by atoms with Gasteiger partial charge in [0.05, 0.1) is 5.92 Å². The largest absolute Gasteiger partial charge is 0.481 e. The summed E-state index contributed by atoms with van der Waals surface area (Å²) in [5.41, 5.74) is 3.75. The third-order valence-corrected chi connectivity index (χ3v) is 3.37. The Morgan fingerprint density at radius 3 is 3.07 bits per heavy atom. The molecule has 3 rings (SSSR count). The molecule has 2 atom stereocenters. The van der Waals surface area contributed by atoms with E-state index in [0.717, 1.165) is 19.4 Å². The number of anilines is 1. The van der Waals surface area contributed by atoms with E-state index in [2.05, 4.69) is 23.5 Å². The first kappa shape index (κ1) is 8.77. The van der Waals surface area contributed by atoms with E-state index in [0.29, 0.717) is 0 Å². The minimum Gasteiger partial charge on any atom is -0.481 e. The topological polar surface area (TPSA) is 49.3 Å². The second-order valence-electron chi connectivity index (χ2n) is 4.38. The third-order valence-electron chi connectivity index (χ3n) is 3.37. The lowest BCUT2D eigenvalue weighted by Gasteiger charge is -2.03. The second kappa shape index (κ2) is 2.99. The molecule has 1 heterocycles. The highest BCUT2D eigenvalue weighted by atomic mass is 16.4. The molecular formula is C12H13NO2. The summed E-state index contributed by atoms with van der Waals surface area (Å²) in [4.78, 5) is 10.8. The maximum absolute atomic E-state index is 10.8. The van der Waals surface area contributed by atoms with Gasteiger partial charge in [-0.15, -0.1) is 0 Å². The maximum Gasteiger partial charge on any atom is 0.307 e. The molecule has 0 amide bonds. The Morgan fingerprint density at radius 1 is 1.47 bits per heavy atom. The van der Waals surface area contributed by atoms with Crippen molar-refractivity contribution in [3.05, 3.63) is 29.3 Å². The van der Waals surface area contributed by atoms with Gasteiger partial charge < -0.3 is 10.4 Å². The van der Waals surface area contributed by atoms with E-state index in [-0.39, 0.29) is 11.8 Å². The Hall–Kier alpha value is -1.51. The summed E-state index contributed by atoms with van der Waals surface area (Å²) in [6.45, 7) is 1.01. The molecule has 78 valence electrons. The Kier molecular flexibility index (Phi) is 1.75. The molecule has 15 heavy (non-hydrogen) atoms. The van der Waals surface area contributed by atoms with Crippen LogP contribution in [0.1, 0.15) is 23.5 Å². The molecule has 0 saturated heterocycles. The molecule has 0 bridgehead atoms. The van der Waals surface area contributed by atoms with Crippen LogP contribution in [0.25, 0.3) is 0 Å². The van der Waals surface area contributed by atoms with E-state index in [1.807, 2.05) is 0 Å². The van der Waals surface area contributed by atoms with Gasteiger partial charge in [0.15, 0.2) is 0 Å². The molecule has 2 aliphatic rings. The number of carboxylic acids is 1. The number of benzene rings is 1. The predicted molar refractivity (Wildman–Crippen MR) is 57.1 cm³/mol. The first-order valence-corrected chi connectivity index (χ1v) is 5.35. The van der Waals surface area contributed by atoms with Gasteiger partial charge in [0.25, 0.3) is 0 Å². The Balaban J connectivity index is 1.86. The Bertz CT molecular complexity index is 428. The summed E-state index contributed by atoms with van der Waals surface area (Å²) >= 11 is 0. The predicted octanol–water partition coefficient (Wildman–Crippen LogP) is 1.84. The van der Waals surface area contributed by atoms with Crippen molar-refractivity contribution in [2.24, 2.45) is 5.92 Å². The molecule has 1 saturated carbocycles. The lowest BCUT2D eigenvalue weighted by molar-refractivity contribution is -0.138. The number of carbonyl (C=O) groups is 1. The fraction of sp³-hybridized carbons (Fsp3) is 0.417. The summed E-state index contributed by atoms with van der Waals surface area (Å²) < 4.78 is 0. The van der Waals surface area contributed by atoms with Gasteiger partial charge in [-0.2, -0.15) is 0 Å². The highest BCUT2D eigenvalue weighted by Gasteiger charge is 2.44. The van der Waals surface area contributed by atoms with E-state index in [4.69, 9.17) is 5.11 Å². The van der Waals surface area contributed by atoms with Gasteiger partial charge >= 0.3 is 5.97 Å². The zero-order valence-electron chi connectivity index (χ0n) is 8.36. The van der Waals surface area contributed by atoms with E-state index >= 15 is 0 Å². The van der Waals surface area contributed by atoms with Gasteiger partial charge in [-0.25, -0.2) is 0 Å². The smallest absolute Gasteiger partial charge is 0.307 e. The van der Waals surface area contributed by atoms with Crippen LogP contribution >= 0.6 is 0 Å². The molecular weight excluding hydrogens is 190 g/mol. The minimum absolute atomic E-state index is 0.141. The van der Waals surface area contributed by atoms with E-state index in [1.165, 1.54) is 16.8 Å². The standard InChI is InChI=1S/C12H13NO2/c14-12(15)10-6-9(10)7-1-2-11-8(5-7)3-4-13-11/h1-2,5,9-10,13H,3-4,6H2,(H,14,15). The maximum atomic E-state index is 10.8. The highest BCUT2D eigenvalue weighted by molar-refractivity contribution is 5.75. The van der Waals surface area contributed by atoms with Crippen LogP contribution in [0.4, 0.5) is 5.69 Å². The SMILES string of the molecule is O=C(O)C1CC1c1ccc2c(c1)CCN2. The molecule has 0 spiro atoms. The minimum atomic E-state index is -0.654. The van der Waals surface area contributed by atoms with Gasteiger partial charge in [-0.3, -0.25) is 4.79 Å². The molecule has 0 radical (unpaired) electrons. The monoisotopic (exact) mass is 203 g/mol. The van der Waals surface area contributed by atoms with E-state index in [9.17, 15) is 4.79 Å². The van der Waals surface area contributed by atoms with Gasteiger partial charge in [0.2, 0.25) is 0 Å². The molecule has 2 N–H and O–H groups in total. The molecule has 0 aromatic heterocycles. The van der Waals surface area contributed by atoms with Crippen LogP contribution in [0.2, 0.25) is 0 Å². The number of rotatable bonds is 2. The van der Waals surface area contributed by atoms with Crippen molar-refractivity contribution in [2.45, 2.75) is 18.8 Å². The molecule has 1 fully saturated rings. The van der Waals surface area contributed by atoms with Crippen molar-refractivity contribution in [1.29, 1.82) is 0 Å². The van der Waals surface area contributed by atoms with Crippen LogP contribution in [0.5, 0.6) is 0 Å². The van der Waals surface area contributed by atoms with Crippen molar-refractivity contribution in [3.63, 3.8) is 0 Å². The van der Waals surface area contributed by atoms with Gasteiger partial charge in [0, 0.05) is 12.2 Å². The van der Waals surface area contributed by atoms with Crippen molar-refractivity contribution < 1.29 is 9.90 Å². The zero-order valence-corrected chi connectivity index (χ0v) is 8.36. The number of hydrogen-bond acceptors (Lipinski definition) is 2. The van der Waals surface area contributed by atoms with Crippen molar-refractivity contribution >= 4 is 11.7 Å². The summed E-state index contributed by atoms with van der Waals surface area (Å²) in [5.74, 6) is -0.538. The van der Waals surface area contributed by atoms with Crippen LogP contribution < -0.4 is 5.32 Å². The Morgan fingerprint density at radius 2 is 2.33 bits per heavy atom. The average Bonchev–Trinajstić information content (AvgIpc) is 2.89. The van der Waals surface area contributed by atoms with Gasteiger partial charge in [-0.05, 0) is 36.0 Å². The first-order valence-electron chi connectivity index (χ1n) is 5.35. The van der Waals surface area contributed by atoms with E-state index < -0.39 is 5.97 Å². The molecule has 3 nitrogen and oxygen atoms in total. The fourth-order valence-electron chi connectivity index (χ4n) is 2.39. The summed E-state index contributed by atoms with van der Waals surface area (Å²) in [6, 6.07) is 6.31. The van der Waals surface area contributed by atoms with Crippen molar-refractivity contribution in [2.75, 3.05) is 11.9 Å². The Labute approximate surface area is 88.1 Å². The normalized spacial score (nSPS) is 26.9. The lowest BCUT2D eigenvalue weighted by atomic mass is 10.0. The summed E-state index contributed by atoms with van der Waals surface area (Å²) in [7, 11) is 0. The number of aliphatic carboxylic acids is 1. The number of fused-ring (bicyclic) bond motifs is 1. The van der Waals surface area contributed by atoms with Crippen LogP contribution in [-0.4, -0.2) is 17.6 Å². The summed E-state index contributed by atoms with van der Waals surface area (Å²) in [6.07, 6.45) is 1.87. The highest BCUT2D eigenvalue weighted by Crippen LogP contribution is 2.48. The number of carboxylic acid groups (broad SMARTS) is 1. The molecule has 1 aromatic carbocycles. The first-order chi connectivity index (χ1) is 7.25. The molecule has 3 heteroatoms. The van der Waals surface area contributed by atoms with Gasteiger partial charge in [-0.1, -0.05) is 12.1 Å². The lowest BCUT2D eigenvalue weighted by Crippen LogP contribution is -1.99. The van der Waals surface area contributed by atoms with E-state index in [1.54, 1.807) is 0 Å². The van der Waals surface area contributed by atoms with Gasteiger partial charge in [0.1, 0.15) is 0 Å². The zero-order chi connectivity index (χ0) is 10.4. The fourth-order valence-corrected chi connectivity index (χ4v) is 2.39. The van der Waals surface area contributed by atoms with Crippen molar-refractivity contribution in [3.8, 4) is 0 Å². The number of nitrogens with one attached hydrogen (secondary N) is 1. The molecule has 1 aliphatic carbocycles. The van der Waals surface area contributed by atoms with Crippen LogP contribution in [0.15, 0.2) is 18.2 Å². The average molecular weight is 203 g/mol. The quantitative estimate of drug-likeness (QED) is 0.771. The molecule has 1 aromatic rings. The van der Waals surface area contributed by atoms with Crippen LogP contribution in [0.3, 0.4) is 0 Å². The second-order valence-corrected chi connectivity index (χ2v) is 4.38. The van der Waals surface area contributed by atoms with Crippen LogP contribution in [0, 0.1) is 5.92 Å². The number of hydrogen-bond donors (Lipinski definition) is 2. The molecule has 2 unspecified atom stereocenters.